The monoisotopic (exact) mass is 176 g/mol. The fourth-order valence-electron chi connectivity index (χ4n) is 1.43. The average molecular weight is 176 g/mol. The third-order valence-electron chi connectivity index (χ3n) is 2.21. The van der Waals surface area contributed by atoms with Crippen LogP contribution in [0.2, 0.25) is 0 Å². The molecule has 0 heterocycles. The van der Waals surface area contributed by atoms with E-state index in [2.05, 4.69) is 19.1 Å². The quantitative estimate of drug-likeness (QED) is 0.603. The van der Waals surface area contributed by atoms with Crippen LogP contribution in [0, 0.1) is 0 Å². The summed E-state index contributed by atoms with van der Waals surface area (Å²) in [7, 11) is 0. The molecule has 0 radical (unpaired) electrons. The lowest BCUT2D eigenvalue weighted by molar-refractivity contribution is -0.115. The van der Waals surface area contributed by atoms with E-state index in [9.17, 15) is 4.79 Å². The highest BCUT2D eigenvalue weighted by atomic mass is 16.1. The first-order chi connectivity index (χ1) is 6.25. The summed E-state index contributed by atoms with van der Waals surface area (Å²) < 4.78 is 0. The van der Waals surface area contributed by atoms with Gasteiger partial charge in [0.2, 0.25) is 0 Å². The van der Waals surface area contributed by atoms with Crippen LogP contribution in [-0.2, 0) is 4.79 Å². The Morgan fingerprint density at radius 2 is 2.23 bits per heavy atom. The highest BCUT2D eigenvalue weighted by molar-refractivity contribution is 5.98. The zero-order chi connectivity index (χ0) is 9.68. The largest absolute Gasteiger partial charge is 0.294 e. The molecule has 1 aliphatic rings. The Labute approximate surface area is 79.8 Å². The van der Waals surface area contributed by atoms with Crippen molar-refractivity contribution in [2.45, 2.75) is 33.1 Å². The van der Waals surface area contributed by atoms with E-state index in [1.54, 1.807) is 0 Å². The van der Waals surface area contributed by atoms with Crippen molar-refractivity contribution in [3.8, 4) is 0 Å². The summed E-state index contributed by atoms with van der Waals surface area (Å²) >= 11 is 0. The summed E-state index contributed by atoms with van der Waals surface area (Å²) in [5.41, 5.74) is 2.10. The molecule has 0 N–H and O–H groups in total. The van der Waals surface area contributed by atoms with Crippen molar-refractivity contribution < 1.29 is 4.79 Å². The van der Waals surface area contributed by atoms with Crippen molar-refractivity contribution >= 4 is 5.78 Å². The van der Waals surface area contributed by atoms with E-state index in [0.29, 0.717) is 6.42 Å². The number of carbonyl (C=O) groups is 1. The number of rotatable bonds is 3. The number of Topliss-reactive ketones (excluding diaryl/α,β-unsaturated/α-hetero) is 1. The van der Waals surface area contributed by atoms with Crippen molar-refractivity contribution in [1.29, 1.82) is 0 Å². The zero-order valence-corrected chi connectivity index (χ0v) is 8.34. The van der Waals surface area contributed by atoms with Gasteiger partial charge in [-0.25, -0.2) is 0 Å². The van der Waals surface area contributed by atoms with Gasteiger partial charge in [-0.2, -0.15) is 0 Å². The predicted molar refractivity (Wildman–Crippen MR) is 55.5 cm³/mol. The minimum absolute atomic E-state index is 0.278. The SMILES string of the molecule is CC/C=C\CC1=C(C)C=CCC1=O. The molecule has 0 unspecified atom stereocenters. The van der Waals surface area contributed by atoms with Gasteiger partial charge in [-0.3, -0.25) is 4.79 Å². The van der Waals surface area contributed by atoms with Gasteiger partial charge in [0.1, 0.15) is 0 Å². The van der Waals surface area contributed by atoms with E-state index in [-0.39, 0.29) is 5.78 Å². The number of ketones is 1. The maximum Gasteiger partial charge on any atom is 0.163 e. The molecule has 0 spiro atoms. The second-order valence-electron chi connectivity index (χ2n) is 3.28. The van der Waals surface area contributed by atoms with Gasteiger partial charge in [0.15, 0.2) is 5.78 Å². The van der Waals surface area contributed by atoms with Crippen molar-refractivity contribution in [3.05, 3.63) is 35.5 Å². The standard InChI is InChI=1S/C12H16O/c1-3-4-5-8-11-10(2)7-6-9-12(11)13/h4-7H,3,8-9H2,1-2H3/b5-4-. The summed E-state index contributed by atoms with van der Waals surface area (Å²) in [6, 6.07) is 0. The van der Waals surface area contributed by atoms with Gasteiger partial charge in [-0.1, -0.05) is 31.2 Å². The molecule has 0 aliphatic heterocycles. The molecule has 0 aromatic heterocycles. The number of allylic oxidation sites excluding steroid dienone is 6. The van der Waals surface area contributed by atoms with Gasteiger partial charge in [0.25, 0.3) is 0 Å². The highest BCUT2D eigenvalue weighted by Gasteiger charge is 2.11. The molecule has 0 saturated heterocycles. The number of carbonyl (C=O) groups excluding carboxylic acids is 1. The van der Waals surface area contributed by atoms with Crippen LogP contribution in [0.4, 0.5) is 0 Å². The molecule has 1 nitrogen and oxygen atoms in total. The first-order valence-electron chi connectivity index (χ1n) is 4.80. The predicted octanol–water partition coefficient (Wildman–Crippen LogP) is 3.19. The van der Waals surface area contributed by atoms with E-state index in [0.717, 1.165) is 24.0 Å². The Kier molecular flexibility index (Phi) is 3.69. The van der Waals surface area contributed by atoms with Gasteiger partial charge in [0, 0.05) is 12.0 Å². The lowest BCUT2D eigenvalue weighted by Gasteiger charge is -2.09. The topological polar surface area (TPSA) is 17.1 Å². The molecule has 1 heteroatoms. The van der Waals surface area contributed by atoms with Crippen molar-refractivity contribution in [3.63, 3.8) is 0 Å². The van der Waals surface area contributed by atoms with Crippen LogP contribution >= 0.6 is 0 Å². The molecule has 0 fully saturated rings. The summed E-state index contributed by atoms with van der Waals surface area (Å²) in [6.07, 6.45) is 10.6. The van der Waals surface area contributed by atoms with Gasteiger partial charge >= 0.3 is 0 Å². The van der Waals surface area contributed by atoms with Crippen LogP contribution < -0.4 is 0 Å². The first-order valence-corrected chi connectivity index (χ1v) is 4.80. The van der Waals surface area contributed by atoms with Crippen LogP contribution in [0.5, 0.6) is 0 Å². The molecule has 70 valence electrons. The molecular weight excluding hydrogens is 160 g/mol. The fourth-order valence-corrected chi connectivity index (χ4v) is 1.43. The zero-order valence-electron chi connectivity index (χ0n) is 8.34. The molecule has 0 amide bonds. The summed E-state index contributed by atoms with van der Waals surface area (Å²) in [5.74, 6) is 0.278. The molecule has 13 heavy (non-hydrogen) atoms. The Morgan fingerprint density at radius 3 is 2.85 bits per heavy atom. The lowest BCUT2D eigenvalue weighted by Crippen LogP contribution is -2.05. The van der Waals surface area contributed by atoms with E-state index < -0.39 is 0 Å². The van der Waals surface area contributed by atoms with E-state index in [4.69, 9.17) is 0 Å². The molecule has 0 aromatic rings. The van der Waals surface area contributed by atoms with E-state index in [1.165, 1.54) is 0 Å². The molecule has 1 rings (SSSR count). The van der Waals surface area contributed by atoms with Gasteiger partial charge < -0.3 is 0 Å². The molecular formula is C12H16O. The fraction of sp³-hybridized carbons (Fsp3) is 0.417. The van der Waals surface area contributed by atoms with Crippen LogP contribution in [-0.4, -0.2) is 5.78 Å². The Morgan fingerprint density at radius 1 is 1.46 bits per heavy atom. The van der Waals surface area contributed by atoms with Crippen LogP contribution in [0.1, 0.15) is 33.1 Å². The van der Waals surface area contributed by atoms with Crippen molar-refractivity contribution in [2.75, 3.05) is 0 Å². The summed E-state index contributed by atoms with van der Waals surface area (Å²) in [6.45, 7) is 4.10. The lowest BCUT2D eigenvalue weighted by atomic mass is 9.95. The van der Waals surface area contributed by atoms with E-state index >= 15 is 0 Å². The second-order valence-corrected chi connectivity index (χ2v) is 3.28. The Balaban J connectivity index is 2.69. The van der Waals surface area contributed by atoms with Gasteiger partial charge in [0.05, 0.1) is 0 Å². The van der Waals surface area contributed by atoms with Crippen LogP contribution in [0.15, 0.2) is 35.5 Å². The van der Waals surface area contributed by atoms with Crippen LogP contribution in [0.3, 0.4) is 0 Å². The summed E-state index contributed by atoms with van der Waals surface area (Å²) in [4.78, 5) is 11.5. The van der Waals surface area contributed by atoms with E-state index in [1.807, 2.05) is 19.1 Å². The molecule has 0 atom stereocenters. The average Bonchev–Trinajstić information content (AvgIpc) is 2.10. The maximum absolute atomic E-state index is 11.5. The van der Waals surface area contributed by atoms with Gasteiger partial charge in [-0.15, -0.1) is 0 Å². The third-order valence-corrected chi connectivity index (χ3v) is 2.21. The first kappa shape index (κ1) is 9.97. The van der Waals surface area contributed by atoms with Gasteiger partial charge in [-0.05, 0) is 25.3 Å². The third kappa shape index (κ3) is 2.69. The summed E-state index contributed by atoms with van der Waals surface area (Å²) in [5, 5.41) is 0. The molecule has 0 bridgehead atoms. The smallest absolute Gasteiger partial charge is 0.163 e. The maximum atomic E-state index is 11.5. The normalized spacial score (nSPS) is 17.5. The minimum Gasteiger partial charge on any atom is -0.294 e. The van der Waals surface area contributed by atoms with Crippen molar-refractivity contribution in [1.82, 2.24) is 0 Å². The minimum atomic E-state index is 0.278. The van der Waals surface area contributed by atoms with Crippen molar-refractivity contribution in [2.24, 2.45) is 0 Å². The molecule has 0 saturated carbocycles. The number of hydrogen-bond donors (Lipinski definition) is 0. The second kappa shape index (κ2) is 4.80. The molecule has 0 aromatic carbocycles. The van der Waals surface area contributed by atoms with Crippen LogP contribution in [0.25, 0.3) is 0 Å². The highest BCUT2D eigenvalue weighted by Crippen LogP contribution is 2.18. The Bertz CT molecular complexity index is 279. The Hall–Kier alpha value is -1.11. The molecule has 1 aliphatic carbocycles. The number of hydrogen-bond acceptors (Lipinski definition) is 1.